The van der Waals surface area contributed by atoms with Gasteiger partial charge in [0, 0.05) is 6.42 Å². The van der Waals surface area contributed by atoms with Gasteiger partial charge in [-0.25, -0.2) is 0 Å². The third-order valence-electron chi connectivity index (χ3n) is 15.0. The Labute approximate surface area is 477 Å². The first-order chi connectivity index (χ1) is 38.8. The van der Waals surface area contributed by atoms with Gasteiger partial charge < -0.3 is 89.9 Å². The molecule has 3 aliphatic heterocycles. The van der Waals surface area contributed by atoms with Crippen LogP contribution in [0.15, 0.2) is 60.8 Å². The van der Waals surface area contributed by atoms with Gasteiger partial charge in [-0.15, -0.1) is 0 Å². The van der Waals surface area contributed by atoms with E-state index in [2.05, 4.69) is 67.8 Å². The van der Waals surface area contributed by atoms with Crippen LogP contribution in [0, 0.1) is 0 Å². The van der Waals surface area contributed by atoms with Crippen molar-refractivity contribution < 1.29 is 89.4 Å². The molecule has 0 radical (unpaired) electrons. The van der Waals surface area contributed by atoms with Crippen molar-refractivity contribution in [3.05, 3.63) is 60.8 Å². The molecule has 0 aliphatic carbocycles. The summed E-state index contributed by atoms with van der Waals surface area (Å²) in [4.78, 5) is 13.3. The van der Waals surface area contributed by atoms with Crippen LogP contribution >= 0.6 is 0 Å². The molecule has 0 aromatic heterocycles. The van der Waals surface area contributed by atoms with Crippen molar-refractivity contribution in [3.8, 4) is 0 Å². The van der Waals surface area contributed by atoms with E-state index in [9.17, 15) is 61.0 Å². The number of aliphatic hydroxyl groups excluding tert-OH is 11. The molecule has 17 unspecified atom stereocenters. The second-order valence-corrected chi connectivity index (χ2v) is 21.8. The van der Waals surface area contributed by atoms with Crippen molar-refractivity contribution in [2.45, 2.75) is 291 Å². The van der Waals surface area contributed by atoms with Gasteiger partial charge in [-0.1, -0.05) is 164 Å². The fourth-order valence-electron chi connectivity index (χ4n) is 9.96. The minimum atomic E-state index is -1.98. The summed E-state index contributed by atoms with van der Waals surface area (Å²) in [5.41, 5.74) is 0. The van der Waals surface area contributed by atoms with Gasteiger partial charge in [-0.05, 0) is 77.0 Å². The quantitative estimate of drug-likeness (QED) is 0.0259. The summed E-state index contributed by atoms with van der Waals surface area (Å²) >= 11 is 0. The lowest BCUT2D eigenvalue weighted by Crippen LogP contribution is -2.66. The van der Waals surface area contributed by atoms with E-state index in [1.54, 1.807) is 6.08 Å². The second-order valence-electron chi connectivity index (χ2n) is 21.8. The zero-order chi connectivity index (χ0) is 58.3. The van der Waals surface area contributed by atoms with Crippen LogP contribution in [0.1, 0.15) is 187 Å². The van der Waals surface area contributed by atoms with Gasteiger partial charge in [0.15, 0.2) is 18.9 Å². The van der Waals surface area contributed by atoms with Crippen LogP contribution in [0.2, 0.25) is 0 Å². The number of hydrogen-bond donors (Lipinski definition) is 12. The number of ether oxygens (including phenoxy) is 6. The number of amides is 1. The van der Waals surface area contributed by atoms with E-state index in [1.807, 2.05) is 6.08 Å². The first-order valence-electron chi connectivity index (χ1n) is 30.5. The minimum Gasteiger partial charge on any atom is -0.394 e. The fourth-order valence-corrected chi connectivity index (χ4v) is 9.96. The largest absolute Gasteiger partial charge is 0.394 e. The van der Waals surface area contributed by atoms with Crippen LogP contribution < -0.4 is 5.32 Å². The van der Waals surface area contributed by atoms with Crippen LogP contribution in [0.3, 0.4) is 0 Å². The minimum absolute atomic E-state index is 0.213. The Morgan fingerprint density at radius 1 is 0.450 bits per heavy atom. The molecule has 0 saturated carbocycles. The lowest BCUT2D eigenvalue weighted by molar-refractivity contribution is -0.379. The van der Waals surface area contributed by atoms with E-state index >= 15 is 0 Å². The smallest absolute Gasteiger partial charge is 0.220 e. The van der Waals surface area contributed by atoms with Crippen molar-refractivity contribution in [1.29, 1.82) is 0 Å². The number of carbonyl (C=O) groups is 1. The number of carbonyl (C=O) groups excluding carboxylic acids is 1. The molecule has 19 nitrogen and oxygen atoms in total. The standard InChI is InChI=1S/C61H107NO18/c1-3-5-7-9-11-13-15-17-19-20-21-22-23-25-26-28-30-32-34-36-38-45(66)44(62-49(67)39-37-35-33-31-29-27-24-18-16-14-12-10-8-6-4-2)43-75-59-55(73)52(70)57(47(41-64)77-59)80-61-56(74)53(71)58(48(42-65)78-61)79-60-54(72)51(69)50(68)46(40-63)76-60/h12,14,18,22-24,28,30,36,38,44-48,50-61,63-66,68-74H,3-11,13,15-17,19-21,25-27,29,31-35,37,39-43H2,1-2H3,(H,62,67)/b14-12-,23-22+,24-18-,30-28+,38-36+. The number of aliphatic hydroxyl groups is 11. The monoisotopic (exact) mass is 1140 g/mol. The van der Waals surface area contributed by atoms with Gasteiger partial charge in [-0.2, -0.15) is 0 Å². The maximum atomic E-state index is 13.3. The summed E-state index contributed by atoms with van der Waals surface area (Å²) in [5.74, 6) is -0.306. The molecule has 19 heteroatoms. The number of nitrogens with one attached hydrogen (secondary N) is 1. The van der Waals surface area contributed by atoms with Crippen LogP contribution in [-0.4, -0.2) is 193 Å². The van der Waals surface area contributed by atoms with Crippen LogP contribution in [0.25, 0.3) is 0 Å². The van der Waals surface area contributed by atoms with Crippen LogP contribution in [0.4, 0.5) is 0 Å². The predicted molar refractivity (Wildman–Crippen MR) is 305 cm³/mol. The third-order valence-corrected chi connectivity index (χ3v) is 15.0. The molecular formula is C61H107NO18. The zero-order valence-electron chi connectivity index (χ0n) is 48.3. The van der Waals surface area contributed by atoms with Crippen LogP contribution in [0.5, 0.6) is 0 Å². The molecule has 464 valence electrons. The molecule has 0 spiro atoms. The Morgan fingerprint density at radius 2 is 0.838 bits per heavy atom. The van der Waals surface area contributed by atoms with Gasteiger partial charge in [-0.3, -0.25) is 4.79 Å². The van der Waals surface area contributed by atoms with Crippen molar-refractivity contribution in [1.82, 2.24) is 5.32 Å². The van der Waals surface area contributed by atoms with E-state index in [0.717, 1.165) is 70.6 Å². The number of rotatable bonds is 44. The van der Waals surface area contributed by atoms with Gasteiger partial charge in [0.2, 0.25) is 5.91 Å². The highest BCUT2D eigenvalue weighted by atomic mass is 16.8. The number of allylic oxidation sites excluding steroid dienone is 9. The van der Waals surface area contributed by atoms with Crippen molar-refractivity contribution >= 4 is 5.91 Å². The summed E-state index contributed by atoms with van der Waals surface area (Å²) in [5, 5.41) is 120. The van der Waals surface area contributed by atoms with Crippen LogP contribution in [-0.2, 0) is 33.2 Å². The normalized spacial score (nSPS) is 30.4. The fraction of sp³-hybridized carbons (Fsp3) is 0.820. The summed E-state index contributed by atoms with van der Waals surface area (Å²) in [6.45, 7) is 1.64. The van der Waals surface area contributed by atoms with E-state index in [-0.39, 0.29) is 18.9 Å². The molecule has 3 saturated heterocycles. The molecule has 0 aromatic carbocycles. The third kappa shape index (κ3) is 27.5. The molecule has 3 fully saturated rings. The molecular weight excluding hydrogens is 1030 g/mol. The number of hydrogen-bond acceptors (Lipinski definition) is 18. The van der Waals surface area contributed by atoms with E-state index < -0.39 is 124 Å². The summed E-state index contributed by atoms with van der Waals surface area (Å²) in [6, 6.07) is -1.00. The van der Waals surface area contributed by atoms with E-state index in [4.69, 9.17) is 28.4 Å². The molecule has 0 aromatic rings. The van der Waals surface area contributed by atoms with Crippen molar-refractivity contribution in [2.24, 2.45) is 0 Å². The molecule has 12 N–H and O–H groups in total. The molecule has 3 aliphatic rings. The lowest BCUT2D eigenvalue weighted by Gasteiger charge is -2.48. The number of unbranched alkanes of at least 4 members (excludes halogenated alkanes) is 20. The van der Waals surface area contributed by atoms with E-state index in [1.165, 1.54) is 83.5 Å². The Bertz CT molecular complexity index is 1700. The highest BCUT2D eigenvalue weighted by Crippen LogP contribution is 2.33. The van der Waals surface area contributed by atoms with Gasteiger partial charge in [0.25, 0.3) is 0 Å². The summed E-state index contributed by atoms with van der Waals surface area (Å²) < 4.78 is 34.2. The second kappa shape index (κ2) is 44.0. The first-order valence-corrected chi connectivity index (χ1v) is 30.5. The first kappa shape index (κ1) is 71.8. The highest BCUT2D eigenvalue weighted by Gasteiger charge is 2.53. The Kier molecular flexibility index (Phi) is 39.5. The lowest BCUT2D eigenvalue weighted by atomic mass is 9.96. The Morgan fingerprint density at radius 3 is 1.35 bits per heavy atom. The maximum Gasteiger partial charge on any atom is 0.220 e. The highest BCUT2D eigenvalue weighted by molar-refractivity contribution is 5.76. The van der Waals surface area contributed by atoms with Gasteiger partial charge in [0.05, 0.1) is 38.6 Å². The average Bonchev–Trinajstić information content (AvgIpc) is 3.50. The average molecular weight is 1140 g/mol. The Hall–Kier alpha value is -2.51. The molecule has 1 amide bonds. The molecule has 0 bridgehead atoms. The summed E-state index contributed by atoms with van der Waals surface area (Å²) in [7, 11) is 0. The topological polar surface area (TPSA) is 307 Å². The molecule has 3 rings (SSSR count). The molecule has 17 atom stereocenters. The van der Waals surface area contributed by atoms with Gasteiger partial charge in [0.1, 0.15) is 73.2 Å². The van der Waals surface area contributed by atoms with Crippen molar-refractivity contribution in [3.63, 3.8) is 0 Å². The molecule has 3 heterocycles. The predicted octanol–water partition coefficient (Wildman–Crippen LogP) is 5.65. The molecule has 80 heavy (non-hydrogen) atoms. The van der Waals surface area contributed by atoms with Gasteiger partial charge >= 0.3 is 0 Å². The maximum absolute atomic E-state index is 13.3. The zero-order valence-corrected chi connectivity index (χ0v) is 48.3. The SMILES string of the molecule is CCCCC/C=C\C/C=C\CCCCCCCC(=O)NC(COC1OC(CO)C(OC2OC(CO)C(OC3OC(CO)C(O)C(O)C3O)C(O)C2O)C(O)C1O)C(O)/C=C/CC/C=C/CC/C=C/CCCCCCCCCCCC. The Balaban J connectivity index is 1.53. The van der Waals surface area contributed by atoms with Crippen molar-refractivity contribution in [2.75, 3.05) is 26.4 Å². The van der Waals surface area contributed by atoms with E-state index in [0.29, 0.717) is 12.8 Å². The summed E-state index contributed by atoms with van der Waals surface area (Å²) in [6.07, 6.45) is 23.4.